The molecule has 0 amide bonds. The molecule has 0 saturated heterocycles. The molecule has 0 bridgehead atoms. The Bertz CT molecular complexity index is 940. The van der Waals surface area contributed by atoms with Crippen molar-refractivity contribution in [1.29, 1.82) is 0 Å². The van der Waals surface area contributed by atoms with Crippen LogP contribution in [-0.2, 0) is 6.42 Å². The third kappa shape index (κ3) is 2.71. The zero-order chi connectivity index (χ0) is 16.4. The molecule has 1 aromatic heterocycles. The monoisotopic (exact) mass is 312 g/mol. The van der Waals surface area contributed by atoms with Crippen molar-refractivity contribution in [2.45, 2.75) is 19.4 Å². The van der Waals surface area contributed by atoms with Crippen LogP contribution in [0.4, 0.5) is 0 Å². The van der Waals surface area contributed by atoms with Gasteiger partial charge in [-0.05, 0) is 30.2 Å². The van der Waals surface area contributed by atoms with Gasteiger partial charge in [-0.25, -0.2) is 4.98 Å². The molecule has 0 aliphatic heterocycles. The van der Waals surface area contributed by atoms with E-state index in [1.54, 1.807) is 0 Å². The van der Waals surface area contributed by atoms with Gasteiger partial charge in [0.25, 0.3) is 0 Å². The third-order valence-electron chi connectivity index (χ3n) is 4.54. The van der Waals surface area contributed by atoms with E-state index in [2.05, 4.69) is 96.4 Å². The number of hydrogen-bond donors (Lipinski definition) is 0. The fourth-order valence-electron chi connectivity index (χ4n) is 3.31. The van der Waals surface area contributed by atoms with Crippen LogP contribution in [0.2, 0.25) is 0 Å². The van der Waals surface area contributed by atoms with Gasteiger partial charge in [-0.2, -0.15) is 0 Å². The molecule has 1 heterocycles. The molecule has 0 radical (unpaired) electrons. The quantitative estimate of drug-likeness (QED) is 0.504. The van der Waals surface area contributed by atoms with Gasteiger partial charge in [0.15, 0.2) is 0 Å². The predicted octanol–water partition coefficient (Wildman–Crippen LogP) is 5.24. The van der Waals surface area contributed by atoms with Gasteiger partial charge in [-0.15, -0.1) is 0 Å². The van der Waals surface area contributed by atoms with Crippen molar-refractivity contribution in [2.75, 3.05) is 0 Å². The van der Waals surface area contributed by atoms with E-state index in [4.69, 9.17) is 4.98 Å². The van der Waals surface area contributed by atoms with Crippen LogP contribution in [0.15, 0.2) is 84.9 Å². The molecular formula is C22H20N2. The van der Waals surface area contributed by atoms with E-state index in [1.807, 2.05) is 0 Å². The van der Waals surface area contributed by atoms with E-state index in [0.717, 1.165) is 17.8 Å². The summed E-state index contributed by atoms with van der Waals surface area (Å²) in [6, 6.07) is 29.8. The summed E-state index contributed by atoms with van der Waals surface area (Å²) >= 11 is 0. The first-order valence-electron chi connectivity index (χ1n) is 8.37. The summed E-state index contributed by atoms with van der Waals surface area (Å²) in [5, 5.41) is 0. The van der Waals surface area contributed by atoms with Crippen LogP contribution >= 0.6 is 0 Å². The normalized spacial score (nSPS) is 12.4. The SMILES string of the molecule is C[C@@H](c1ccccc1)n1c(Cc2ccccc2)nc2ccccc21. The summed E-state index contributed by atoms with van der Waals surface area (Å²) in [5.41, 5.74) is 4.84. The summed E-state index contributed by atoms with van der Waals surface area (Å²) in [6.07, 6.45) is 0.840. The van der Waals surface area contributed by atoms with Crippen molar-refractivity contribution in [3.05, 3.63) is 102 Å². The fraction of sp³-hybridized carbons (Fsp3) is 0.136. The highest BCUT2D eigenvalue weighted by Crippen LogP contribution is 2.27. The summed E-state index contributed by atoms with van der Waals surface area (Å²) in [7, 11) is 0. The summed E-state index contributed by atoms with van der Waals surface area (Å²) < 4.78 is 2.37. The maximum Gasteiger partial charge on any atom is 0.114 e. The van der Waals surface area contributed by atoms with Crippen molar-refractivity contribution >= 4 is 11.0 Å². The van der Waals surface area contributed by atoms with Gasteiger partial charge in [0.05, 0.1) is 17.1 Å². The molecule has 4 rings (SSSR count). The van der Waals surface area contributed by atoms with Crippen LogP contribution in [0.5, 0.6) is 0 Å². The Labute approximate surface area is 142 Å². The lowest BCUT2D eigenvalue weighted by molar-refractivity contribution is 0.627. The Kier molecular flexibility index (Phi) is 3.87. The van der Waals surface area contributed by atoms with E-state index >= 15 is 0 Å². The summed E-state index contributed by atoms with van der Waals surface area (Å²) in [5.74, 6) is 1.11. The van der Waals surface area contributed by atoms with Crippen LogP contribution in [0.1, 0.15) is 29.9 Å². The van der Waals surface area contributed by atoms with E-state index in [0.29, 0.717) is 0 Å². The standard InChI is InChI=1S/C22H20N2/c1-17(19-12-6-3-7-13-19)24-21-15-9-8-14-20(21)23-22(24)16-18-10-4-2-5-11-18/h2-15,17H,16H2,1H3/t17-/m0/s1. The number of fused-ring (bicyclic) bond motifs is 1. The molecular weight excluding hydrogens is 292 g/mol. The topological polar surface area (TPSA) is 17.8 Å². The fourth-order valence-corrected chi connectivity index (χ4v) is 3.31. The maximum atomic E-state index is 4.92. The molecule has 2 heteroatoms. The van der Waals surface area contributed by atoms with E-state index in [9.17, 15) is 0 Å². The van der Waals surface area contributed by atoms with Crippen LogP contribution in [0.3, 0.4) is 0 Å². The molecule has 3 aromatic carbocycles. The Morgan fingerprint density at radius 1 is 0.792 bits per heavy atom. The minimum atomic E-state index is 0.248. The smallest absolute Gasteiger partial charge is 0.114 e. The zero-order valence-corrected chi connectivity index (χ0v) is 13.8. The first-order valence-corrected chi connectivity index (χ1v) is 8.37. The number of para-hydroxylation sites is 2. The first kappa shape index (κ1) is 14.7. The van der Waals surface area contributed by atoms with Crippen LogP contribution in [0.25, 0.3) is 11.0 Å². The molecule has 4 aromatic rings. The highest BCUT2D eigenvalue weighted by Gasteiger charge is 2.17. The number of aromatic nitrogens is 2. The van der Waals surface area contributed by atoms with Crippen molar-refractivity contribution in [2.24, 2.45) is 0 Å². The highest BCUT2D eigenvalue weighted by atomic mass is 15.1. The summed E-state index contributed by atoms with van der Waals surface area (Å²) in [6.45, 7) is 2.25. The molecule has 0 spiro atoms. The van der Waals surface area contributed by atoms with E-state index < -0.39 is 0 Å². The molecule has 0 aliphatic carbocycles. The van der Waals surface area contributed by atoms with Gasteiger partial charge in [0, 0.05) is 6.42 Å². The van der Waals surface area contributed by atoms with E-state index in [1.165, 1.54) is 16.6 Å². The predicted molar refractivity (Wildman–Crippen MR) is 99.2 cm³/mol. The Hall–Kier alpha value is -2.87. The number of imidazole rings is 1. The molecule has 0 N–H and O–H groups in total. The van der Waals surface area contributed by atoms with Gasteiger partial charge in [-0.3, -0.25) is 0 Å². The van der Waals surface area contributed by atoms with Crippen LogP contribution < -0.4 is 0 Å². The van der Waals surface area contributed by atoms with Crippen LogP contribution in [-0.4, -0.2) is 9.55 Å². The van der Waals surface area contributed by atoms with Crippen molar-refractivity contribution in [3.63, 3.8) is 0 Å². The highest BCUT2D eigenvalue weighted by molar-refractivity contribution is 5.76. The molecule has 0 saturated carbocycles. The molecule has 2 nitrogen and oxygen atoms in total. The van der Waals surface area contributed by atoms with Gasteiger partial charge in [0.2, 0.25) is 0 Å². The Morgan fingerprint density at radius 2 is 1.42 bits per heavy atom. The second kappa shape index (κ2) is 6.32. The average Bonchev–Trinajstić information content (AvgIpc) is 3.00. The maximum absolute atomic E-state index is 4.92. The summed E-state index contributed by atoms with van der Waals surface area (Å²) in [4.78, 5) is 4.92. The average molecular weight is 312 g/mol. The number of nitrogens with zero attached hydrogens (tertiary/aromatic N) is 2. The molecule has 0 unspecified atom stereocenters. The van der Waals surface area contributed by atoms with Crippen LogP contribution in [0, 0.1) is 0 Å². The second-order valence-corrected chi connectivity index (χ2v) is 6.14. The number of benzene rings is 3. The van der Waals surface area contributed by atoms with Gasteiger partial charge in [-0.1, -0.05) is 72.8 Å². The van der Waals surface area contributed by atoms with Crippen molar-refractivity contribution in [3.8, 4) is 0 Å². The lowest BCUT2D eigenvalue weighted by Crippen LogP contribution is -2.11. The number of hydrogen-bond acceptors (Lipinski definition) is 1. The number of rotatable bonds is 4. The molecule has 0 aliphatic rings. The zero-order valence-electron chi connectivity index (χ0n) is 13.8. The van der Waals surface area contributed by atoms with E-state index in [-0.39, 0.29) is 6.04 Å². The molecule has 118 valence electrons. The largest absolute Gasteiger partial charge is 0.320 e. The Balaban J connectivity index is 1.84. The third-order valence-corrected chi connectivity index (χ3v) is 4.54. The van der Waals surface area contributed by atoms with Gasteiger partial charge < -0.3 is 4.57 Å². The molecule has 24 heavy (non-hydrogen) atoms. The van der Waals surface area contributed by atoms with Crippen molar-refractivity contribution < 1.29 is 0 Å². The molecule has 0 fully saturated rings. The van der Waals surface area contributed by atoms with Gasteiger partial charge >= 0.3 is 0 Å². The Morgan fingerprint density at radius 3 is 2.17 bits per heavy atom. The van der Waals surface area contributed by atoms with Gasteiger partial charge in [0.1, 0.15) is 5.82 Å². The first-order chi connectivity index (χ1) is 11.8. The molecule has 1 atom stereocenters. The lowest BCUT2D eigenvalue weighted by atomic mass is 10.1. The minimum Gasteiger partial charge on any atom is -0.320 e. The lowest BCUT2D eigenvalue weighted by Gasteiger charge is -2.18. The second-order valence-electron chi connectivity index (χ2n) is 6.14. The van der Waals surface area contributed by atoms with Crippen molar-refractivity contribution in [1.82, 2.24) is 9.55 Å². The minimum absolute atomic E-state index is 0.248.